The Bertz CT molecular complexity index is 790. The number of ether oxygens (including phenoxy) is 3. The number of thiazole rings is 1. The van der Waals surface area contributed by atoms with Crippen molar-refractivity contribution in [3.8, 4) is 11.5 Å². The average molecular weight is 355 g/mol. The van der Waals surface area contributed by atoms with E-state index in [1.54, 1.807) is 29.8 Å². The summed E-state index contributed by atoms with van der Waals surface area (Å²) >= 11 is 1.52. The number of hydrogen-bond donors (Lipinski definition) is 0. The van der Waals surface area contributed by atoms with E-state index >= 15 is 0 Å². The number of para-hydroxylation sites is 1. The monoisotopic (exact) mass is 355 g/mol. The van der Waals surface area contributed by atoms with Gasteiger partial charge in [-0.1, -0.05) is 24.3 Å². The van der Waals surface area contributed by atoms with Crippen LogP contribution in [0.4, 0.5) is 0 Å². The summed E-state index contributed by atoms with van der Waals surface area (Å²) in [7, 11) is 0. The van der Waals surface area contributed by atoms with E-state index in [4.69, 9.17) is 14.2 Å². The van der Waals surface area contributed by atoms with Gasteiger partial charge in [-0.15, -0.1) is 11.3 Å². The Morgan fingerprint density at radius 3 is 2.60 bits per heavy atom. The number of esters is 1. The van der Waals surface area contributed by atoms with Crippen LogP contribution in [0.3, 0.4) is 0 Å². The highest BCUT2D eigenvalue weighted by atomic mass is 32.1. The molecule has 6 heteroatoms. The van der Waals surface area contributed by atoms with E-state index < -0.39 is 5.97 Å². The van der Waals surface area contributed by atoms with E-state index in [-0.39, 0.29) is 6.61 Å². The zero-order valence-corrected chi connectivity index (χ0v) is 14.3. The minimum Gasteiger partial charge on any atom is -0.490 e. The number of carbonyl (C=O) groups is 1. The molecule has 3 aromatic rings. The quantitative estimate of drug-likeness (QED) is 0.452. The highest BCUT2D eigenvalue weighted by molar-refractivity contribution is 7.07. The molecule has 0 atom stereocenters. The minimum atomic E-state index is -0.407. The van der Waals surface area contributed by atoms with E-state index in [1.165, 1.54) is 11.3 Å². The standard InChI is InChI=1S/C19H17NO4S/c21-19(23-10-9-22-17-6-2-1-3-7-17)15-5-4-8-18(11-15)24-12-16-13-25-14-20-16/h1-8,11,13-14H,9-10,12H2. The van der Waals surface area contributed by atoms with Crippen molar-refractivity contribution in [1.82, 2.24) is 4.98 Å². The molecule has 0 aliphatic rings. The van der Waals surface area contributed by atoms with Gasteiger partial charge < -0.3 is 14.2 Å². The van der Waals surface area contributed by atoms with Crippen LogP contribution in [0.5, 0.6) is 11.5 Å². The molecule has 0 aliphatic carbocycles. The first-order chi connectivity index (χ1) is 12.3. The summed E-state index contributed by atoms with van der Waals surface area (Å²) in [4.78, 5) is 16.2. The van der Waals surface area contributed by atoms with Crippen LogP contribution in [0.25, 0.3) is 0 Å². The highest BCUT2D eigenvalue weighted by Crippen LogP contribution is 2.16. The summed E-state index contributed by atoms with van der Waals surface area (Å²) in [6.45, 7) is 0.848. The first-order valence-corrected chi connectivity index (χ1v) is 8.70. The van der Waals surface area contributed by atoms with Crippen LogP contribution in [0.1, 0.15) is 16.1 Å². The maximum atomic E-state index is 12.1. The lowest BCUT2D eigenvalue weighted by Gasteiger charge is -2.09. The van der Waals surface area contributed by atoms with Crippen LogP contribution >= 0.6 is 11.3 Å². The Morgan fingerprint density at radius 2 is 1.80 bits per heavy atom. The van der Waals surface area contributed by atoms with Crippen molar-refractivity contribution in [2.24, 2.45) is 0 Å². The number of carbonyl (C=O) groups excluding carboxylic acids is 1. The Morgan fingerprint density at radius 1 is 0.960 bits per heavy atom. The Kier molecular flexibility index (Phi) is 6.01. The van der Waals surface area contributed by atoms with Gasteiger partial charge in [0.05, 0.1) is 16.8 Å². The Labute approximate surface area is 149 Å². The molecule has 0 spiro atoms. The van der Waals surface area contributed by atoms with Crippen molar-refractivity contribution in [2.75, 3.05) is 13.2 Å². The largest absolute Gasteiger partial charge is 0.490 e. The fraction of sp³-hybridized carbons (Fsp3) is 0.158. The van der Waals surface area contributed by atoms with Crippen molar-refractivity contribution >= 4 is 17.3 Å². The van der Waals surface area contributed by atoms with Crippen molar-refractivity contribution in [3.63, 3.8) is 0 Å². The SMILES string of the molecule is O=C(OCCOc1ccccc1)c1cccc(OCc2cscn2)c1. The fourth-order valence-corrected chi connectivity index (χ4v) is 2.62. The smallest absolute Gasteiger partial charge is 0.338 e. The molecule has 3 rings (SSSR count). The number of benzene rings is 2. The maximum absolute atomic E-state index is 12.1. The van der Waals surface area contributed by atoms with E-state index in [0.717, 1.165) is 11.4 Å². The molecule has 1 heterocycles. The average Bonchev–Trinajstić information content (AvgIpc) is 3.18. The molecule has 25 heavy (non-hydrogen) atoms. The molecule has 0 radical (unpaired) electrons. The third-order valence-corrected chi connectivity index (χ3v) is 3.90. The lowest BCUT2D eigenvalue weighted by molar-refractivity contribution is 0.0450. The molecule has 0 saturated heterocycles. The number of nitrogens with zero attached hydrogens (tertiary/aromatic N) is 1. The van der Waals surface area contributed by atoms with Crippen LogP contribution in [-0.2, 0) is 11.3 Å². The van der Waals surface area contributed by atoms with Gasteiger partial charge in [0.25, 0.3) is 0 Å². The molecule has 0 fully saturated rings. The van der Waals surface area contributed by atoms with Crippen LogP contribution in [0, 0.1) is 0 Å². The van der Waals surface area contributed by atoms with Crippen molar-refractivity contribution in [1.29, 1.82) is 0 Å². The van der Waals surface area contributed by atoms with Gasteiger partial charge in [0.1, 0.15) is 31.3 Å². The summed E-state index contributed by atoms with van der Waals surface area (Å²) < 4.78 is 16.3. The van der Waals surface area contributed by atoms with E-state index in [9.17, 15) is 4.79 Å². The summed E-state index contributed by atoms with van der Waals surface area (Å²) in [6, 6.07) is 16.3. The molecule has 128 valence electrons. The summed E-state index contributed by atoms with van der Waals surface area (Å²) in [5, 5.41) is 1.92. The summed E-state index contributed by atoms with van der Waals surface area (Å²) in [6.07, 6.45) is 0. The van der Waals surface area contributed by atoms with Crippen molar-refractivity contribution in [2.45, 2.75) is 6.61 Å². The van der Waals surface area contributed by atoms with E-state index in [0.29, 0.717) is 24.5 Å². The van der Waals surface area contributed by atoms with Crippen LogP contribution in [-0.4, -0.2) is 24.2 Å². The zero-order valence-electron chi connectivity index (χ0n) is 13.5. The molecule has 1 aromatic heterocycles. The third-order valence-electron chi connectivity index (χ3n) is 3.27. The van der Waals surface area contributed by atoms with Crippen LogP contribution in [0.2, 0.25) is 0 Å². The lowest BCUT2D eigenvalue weighted by atomic mass is 10.2. The van der Waals surface area contributed by atoms with Gasteiger partial charge in [-0.05, 0) is 30.3 Å². The maximum Gasteiger partial charge on any atom is 0.338 e. The van der Waals surface area contributed by atoms with Crippen molar-refractivity contribution < 1.29 is 19.0 Å². The van der Waals surface area contributed by atoms with E-state index in [2.05, 4.69) is 4.98 Å². The van der Waals surface area contributed by atoms with Gasteiger partial charge >= 0.3 is 5.97 Å². The Hall–Kier alpha value is -2.86. The highest BCUT2D eigenvalue weighted by Gasteiger charge is 2.09. The number of rotatable bonds is 8. The van der Waals surface area contributed by atoms with Gasteiger partial charge in [-0.25, -0.2) is 9.78 Å². The van der Waals surface area contributed by atoms with Gasteiger partial charge in [0.15, 0.2) is 0 Å². The first-order valence-electron chi connectivity index (χ1n) is 7.76. The second-order valence-corrected chi connectivity index (χ2v) is 5.81. The molecule has 5 nitrogen and oxygen atoms in total. The number of aromatic nitrogens is 1. The molecule has 0 aliphatic heterocycles. The lowest BCUT2D eigenvalue weighted by Crippen LogP contribution is -2.12. The molecular weight excluding hydrogens is 338 g/mol. The Balaban J connectivity index is 1.46. The van der Waals surface area contributed by atoms with Gasteiger partial charge in [0, 0.05) is 5.38 Å². The second kappa shape index (κ2) is 8.84. The van der Waals surface area contributed by atoms with Crippen LogP contribution in [0.15, 0.2) is 65.5 Å². The molecule has 0 unspecified atom stereocenters. The predicted octanol–water partition coefficient (Wildman–Crippen LogP) is 3.96. The minimum absolute atomic E-state index is 0.178. The fourth-order valence-electron chi connectivity index (χ4n) is 2.07. The van der Waals surface area contributed by atoms with Crippen molar-refractivity contribution in [3.05, 3.63) is 76.7 Å². The van der Waals surface area contributed by atoms with Crippen LogP contribution < -0.4 is 9.47 Å². The predicted molar refractivity (Wildman–Crippen MR) is 95.1 cm³/mol. The van der Waals surface area contributed by atoms with Gasteiger partial charge in [-0.3, -0.25) is 0 Å². The summed E-state index contributed by atoms with van der Waals surface area (Å²) in [5.74, 6) is 0.940. The molecule has 0 saturated carbocycles. The third kappa shape index (κ3) is 5.32. The summed E-state index contributed by atoms with van der Waals surface area (Å²) in [5.41, 5.74) is 3.05. The normalized spacial score (nSPS) is 10.2. The zero-order chi connectivity index (χ0) is 17.3. The van der Waals surface area contributed by atoms with Gasteiger partial charge in [0.2, 0.25) is 0 Å². The topological polar surface area (TPSA) is 57.7 Å². The number of hydrogen-bond acceptors (Lipinski definition) is 6. The molecule has 0 N–H and O–H groups in total. The molecular formula is C19H17NO4S. The molecule has 0 bridgehead atoms. The van der Waals surface area contributed by atoms with E-state index in [1.807, 2.05) is 35.7 Å². The van der Waals surface area contributed by atoms with Gasteiger partial charge in [-0.2, -0.15) is 0 Å². The molecule has 0 amide bonds. The first kappa shape index (κ1) is 17.0. The second-order valence-electron chi connectivity index (χ2n) is 5.09. The molecule has 2 aromatic carbocycles.